The summed E-state index contributed by atoms with van der Waals surface area (Å²) >= 11 is 0.901. The van der Waals surface area contributed by atoms with Crippen LogP contribution in [0.4, 0.5) is 14.5 Å². The average molecular weight is 456 g/mol. The van der Waals surface area contributed by atoms with Crippen LogP contribution < -0.4 is 11.1 Å². The number of nitrogens with one attached hydrogen (secondary N) is 1. The third-order valence-corrected chi connectivity index (χ3v) is 6.54. The van der Waals surface area contributed by atoms with Gasteiger partial charge in [-0.15, -0.1) is 11.3 Å². The summed E-state index contributed by atoms with van der Waals surface area (Å²) in [5.41, 5.74) is 8.18. The van der Waals surface area contributed by atoms with Gasteiger partial charge in [0.2, 0.25) is 0 Å². The highest BCUT2D eigenvalue weighted by Gasteiger charge is 2.32. The van der Waals surface area contributed by atoms with E-state index in [0.29, 0.717) is 16.6 Å². The molecule has 0 bridgehead atoms. The third kappa shape index (κ3) is 3.29. The van der Waals surface area contributed by atoms with Crippen molar-refractivity contribution in [1.82, 2.24) is 19.6 Å². The molecule has 11 heteroatoms. The second-order valence-corrected chi connectivity index (χ2v) is 8.85. The van der Waals surface area contributed by atoms with E-state index < -0.39 is 18.2 Å². The predicted molar refractivity (Wildman–Crippen MR) is 115 cm³/mol. The fraction of sp³-hybridized carbons (Fsp3) is 0.286. The molecule has 0 spiro atoms. The molecule has 0 unspecified atom stereocenters. The van der Waals surface area contributed by atoms with Gasteiger partial charge in [-0.2, -0.15) is 5.10 Å². The van der Waals surface area contributed by atoms with Crippen molar-refractivity contribution in [3.05, 3.63) is 51.4 Å². The third-order valence-electron chi connectivity index (χ3n) is 5.44. The summed E-state index contributed by atoms with van der Waals surface area (Å²) in [6.07, 6.45) is 0.337. The van der Waals surface area contributed by atoms with Crippen LogP contribution in [-0.4, -0.2) is 31.4 Å². The zero-order valence-corrected chi connectivity index (χ0v) is 18.0. The van der Waals surface area contributed by atoms with E-state index in [0.717, 1.165) is 35.6 Å². The number of hydrogen-bond acceptors (Lipinski definition) is 6. The lowest BCUT2D eigenvalue weighted by atomic mass is 10.0. The lowest BCUT2D eigenvalue weighted by Crippen LogP contribution is -2.17. The first kappa shape index (κ1) is 20.4. The van der Waals surface area contributed by atoms with Crippen molar-refractivity contribution in [3.8, 4) is 0 Å². The maximum atomic E-state index is 13.4. The summed E-state index contributed by atoms with van der Waals surface area (Å²) in [6, 6.07) is 3.20. The normalized spacial score (nSPS) is 13.9. The van der Waals surface area contributed by atoms with Crippen LogP contribution >= 0.6 is 11.3 Å². The molecule has 1 fully saturated rings. The molecule has 0 atom stereocenters. The van der Waals surface area contributed by atoms with E-state index in [1.54, 1.807) is 4.52 Å². The number of primary amides is 1. The fourth-order valence-electron chi connectivity index (χ4n) is 3.88. The first-order valence-corrected chi connectivity index (χ1v) is 10.7. The van der Waals surface area contributed by atoms with Gasteiger partial charge < -0.3 is 11.1 Å². The number of hydrogen-bond donors (Lipinski definition) is 2. The van der Waals surface area contributed by atoms with E-state index in [1.165, 1.54) is 12.3 Å². The molecule has 0 saturated heterocycles. The van der Waals surface area contributed by atoms with Gasteiger partial charge in [0, 0.05) is 16.8 Å². The number of thiophene rings is 1. The Bertz CT molecular complexity index is 1420. The minimum absolute atomic E-state index is 0.0611. The van der Waals surface area contributed by atoms with E-state index in [2.05, 4.69) is 20.4 Å². The minimum atomic E-state index is -2.74. The van der Waals surface area contributed by atoms with Crippen molar-refractivity contribution < 1.29 is 18.4 Å². The van der Waals surface area contributed by atoms with E-state index >= 15 is 0 Å². The van der Waals surface area contributed by atoms with E-state index in [-0.39, 0.29) is 32.6 Å². The number of pyridine rings is 1. The van der Waals surface area contributed by atoms with Crippen molar-refractivity contribution in [2.45, 2.75) is 39.0 Å². The maximum absolute atomic E-state index is 13.4. The zero-order chi connectivity index (χ0) is 22.7. The summed E-state index contributed by atoms with van der Waals surface area (Å²) in [4.78, 5) is 34.1. The van der Waals surface area contributed by atoms with E-state index in [1.807, 2.05) is 19.9 Å². The Morgan fingerprint density at radius 3 is 2.66 bits per heavy atom. The molecule has 4 heterocycles. The monoisotopic (exact) mass is 456 g/mol. The number of fused-ring (bicyclic) bond motifs is 2. The highest BCUT2D eigenvalue weighted by Crippen LogP contribution is 2.48. The lowest BCUT2D eigenvalue weighted by Gasteiger charge is -2.10. The van der Waals surface area contributed by atoms with Gasteiger partial charge >= 0.3 is 0 Å². The molecule has 4 aromatic rings. The quantitative estimate of drug-likeness (QED) is 0.469. The maximum Gasteiger partial charge on any atom is 0.280 e. The summed E-state index contributed by atoms with van der Waals surface area (Å²) in [7, 11) is 0. The Morgan fingerprint density at radius 1 is 1.25 bits per heavy atom. The summed E-state index contributed by atoms with van der Waals surface area (Å²) in [5, 5.41) is 7.48. The molecule has 3 N–H and O–H groups in total. The Balaban J connectivity index is 1.66. The number of nitrogens with two attached hydrogens (primary N) is 1. The molecular weight excluding hydrogens is 438 g/mol. The van der Waals surface area contributed by atoms with Gasteiger partial charge in [0.15, 0.2) is 5.65 Å². The molecule has 8 nitrogen and oxygen atoms in total. The number of rotatable bonds is 5. The molecule has 164 valence electrons. The Morgan fingerprint density at radius 2 is 2.00 bits per heavy atom. The molecule has 0 aromatic carbocycles. The van der Waals surface area contributed by atoms with Gasteiger partial charge in [-0.05, 0) is 50.3 Å². The van der Waals surface area contributed by atoms with Crippen LogP contribution in [0.3, 0.4) is 0 Å². The number of aromatic nitrogens is 4. The van der Waals surface area contributed by atoms with Crippen molar-refractivity contribution >= 4 is 44.7 Å². The molecule has 0 radical (unpaired) electrons. The van der Waals surface area contributed by atoms with Crippen LogP contribution in [0.15, 0.2) is 18.3 Å². The van der Waals surface area contributed by atoms with Gasteiger partial charge in [-0.3, -0.25) is 9.59 Å². The number of carbonyl (C=O) groups is 2. The van der Waals surface area contributed by atoms with Crippen LogP contribution in [0.25, 0.3) is 15.9 Å². The van der Waals surface area contributed by atoms with Gasteiger partial charge in [0.05, 0.1) is 11.9 Å². The van der Waals surface area contributed by atoms with Crippen molar-refractivity contribution in [1.29, 1.82) is 0 Å². The van der Waals surface area contributed by atoms with Crippen LogP contribution in [0.1, 0.15) is 67.9 Å². The van der Waals surface area contributed by atoms with Crippen molar-refractivity contribution in [2.75, 3.05) is 5.32 Å². The smallest absolute Gasteiger partial charge is 0.280 e. The molecule has 1 saturated carbocycles. The van der Waals surface area contributed by atoms with Crippen molar-refractivity contribution in [2.24, 2.45) is 5.73 Å². The Labute approximate surface area is 184 Å². The second-order valence-electron chi connectivity index (χ2n) is 7.85. The highest BCUT2D eigenvalue weighted by atomic mass is 32.1. The fourth-order valence-corrected chi connectivity index (χ4v) is 4.90. The highest BCUT2D eigenvalue weighted by molar-refractivity contribution is 7.21. The van der Waals surface area contributed by atoms with Crippen LogP contribution in [0, 0.1) is 13.8 Å². The molecule has 1 aliphatic rings. The molecule has 2 amide bonds. The van der Waals surface area contributed by atoms with E-state index in [4.69, 9.17) is 5.73 Å². The number of anilines is 1. The predicted octanol–water partition coefficient (Wildman–Crippen LogP) is 4.12. The summed E-state index contributed by atoms with van der Waals surface area (Å²) in [5.74, 6) is -1.22. The largest absolute Gasteiger partial charge is 0.365 e. The molecule has 5 rings (SSSR count). The first-order valence-electron chi connectivity index (χ1n) is 9.93. The number of aryl methyl sites for hydroxylation is 2. The number of halogens is 2. The van der Waals surface area contributed by atoms with Gasteiger partial charge in [-0.1, -0.05) is 0 Å². The number of amides is 2. The summed E-state index contributed by atoms with van der Waals surface area (Å²) < 4.78 is 28.3. The topological polar surface area (TPSA) is 115 Å². The Hall–Kier alpha value is -3.47. The van der Waals surface area contributed by atoms with E-state index in [9.17, 15) is 18.4 Å². The standard InChI is InChI=1S/C21H18F2N6O2S/c1-8-5-9(2)29-19(26-8)12(7-25-29)20(31)28-15-14-11(10-3-4-10)6-13(17(22)23)27-21(14)32-16(15)18(24)30/h5-7,10,17H,3-4H2,1-2H3,(H2,24,30)(H,28,31). The first-order chi connectivity index (χ1) is 15.2. The van der Waals surface area contributed by atoms with Gasteiger partial charge in [0.25, 0.3) is 18.2 Å². The SMILES string of the molecule is Cc1cc(C)n2ncc(C(=O)Nc3c(C(N)=O)sc4nc(C(F)F)cc(C5CC5)c34)c2n1. The molecular formula is C21H18F2N6O2S. The minimum Gasteiger partial charge on any atom is -0.365 e. The van der Waals surface area contributed by atoms with Crippen LogP contribution in [0.2, 0.25) is 0 Å². The molecule has 32 heavy (non-hydrogen) atoms. The van der Waals surface area contributed by atoms with Crippen LogP contribution in [0.5, 0.6) is 0 Å². The Kier molecular flexibility index (Phi) is 4.66. The molecule has 4 aromatic heterocycles. The van der Waals surface area contributed by atoms with Gasteiger partial charge in [0.1, 0.15) is 21.0 Å². The lowest BCUT2D eigenvalue weighted by molar-refractivity contribution is 0.100. The molecule has 0 aliphatic heterocycles. The summed E-state index contributed by atoms with van der Waals surface area (Å²) in [6.45, 7) is 3.66. The number of nitrogens with zero attached hydrogens (tertiary/aromatic N) is 4. The second kappa shape index (κ2) is 7.30. The van der Waals surface area contributed by atoms with Crippen molar-refractivity contribution in [3.63, 3.8) is 0 Å². The zero-order valence-electron chi connectivity index (χ0n) is 17.1. The number of alkyl halides is 2. The van der Waals surface area contributed by atoms with Gasteiger partial charge in [-0.25, -0.2) is 23.3 Å². The van der Waals surface area contributed by atoms with Crippen LogP contribution in [-0.2, 0) is 0 Å². The average Bonchev–Trinajstić information content (AvgIpc) is 3.38. The number of carbonyl (C=O) groups excluding carboxylic acids is 2. The molecule has 1 aliphatic carbocycles.